The van der Waals surface area contributed by atoms with Gasteiger partial charge in [-0.3, -0.25) is 5.43 Å². The molecule has 0 aliphatic rings. The first-order chi connectivity index (χ1) is 4.99. The molecule has 0 aromatic rings. The molecule has 4 heteroatoms. The van der Waals surface area contributed by atoms with E-state index in [1.165, 1.54) is 0 Å². The van der Waals surface area contributed by atoms with Crippen molar-refractivity contribution in [3.8, 4) is 0 Å². The van der Waals surface area contributed by atoms with Gasteiger partial charge in [-0.25, -0.2) is 5.43 Å². The number of hydrogen-bond acceptors (Lipinski definition) is 4. The van der Waals surface area contributed by atoms with Crippen LogP contribution >= 0.6 is 0 Å². The van der Waals surface area contributed by atoms with E-state index in [1.807, 2.05) is 20.8 Å². The molecule has 11 heavy (non-hydrogen) atoms. The van der Waals surface area contributed by atoms with Crippen molar-refractivity contribution in [1.82, 2.24) is 10.9 Å². The van der Waals surface area contributed by atoms with E-state index >= 15 is 0 Å². The number of hydrogen-bond donors (Lipinski definition) is 3. The van der Waals surface area contributed by atoms with Crippen molar-refractivity contribution in [3.63, 3.8) is 0 Å². The average Bonchev–Trinajstić information content (AvgIpc) is 1.88. The highest BCUT2D eigenvalue weighted by Gasteiger charge is 2.11. The number of hydrazine groups is 1. The molecule has 1 unspecified atom stereocenters. The summed E-state index contributed by atoms with van der Waals surface area (Å²) in [5.41, 5.74) is 5.47. The summed E-state index contributed by atoms with van der Waals surface area (Å²) >= 11 is 0. The molecule has 3 N–H and O–H groups in total. The Labute approximate surface area is 67.0 Å². The maximum atomic E-state index is 10.2. The van der Waals surface area contributed by atoms with Crippen LogP contribution in [0.1, 0.15) is 20.8 Å². The Hall–Kier alpha value is -0.450. The maximum Gasteiger partial charge on any atom is 0.140 e. The molecule has 0 amide bonds. The number of aliphatic hydroxyl groups excluding tert-OH is 1. The van der Waals surface area contributed by atoms with Gasteiger partial charge in [0.15, 0.2) is 0 Å². The first-order valence-electron chi connectivity index (χ1n) is 3.58. The highest BCUT2D eigenvalue weighted by molar-refractivity contribution is 5.57. The summed E-state index contributed by atoms with van der Waals surface area (Å²) in [6, 6.07) is -0.519. The van der Waals surface area contributed by atoms with Gasteiger partial charge in [0.05, 0.1) is 12.6 Å². The third kappa shape index (κ3) is 5.97. The van der Waals surface area contributed by atoms with E-state index in [9.17, 15) is 4.79 Å². The predicted molar refractivity (Wildman–Crippen MR) is 43.0 cm³/mol. The SMILES string of the molecule is CC(C)(C)NNC(C=O)CO. The highest BCUT2D eigenvalue weighted by Crippen LogP contribution is 1.95. The van der Waals surface area contributed by atoms with Gasteiger partial charge in [0, 0.05) is 5.54 Å². The lowest BCUT2D eigenvalue weighted by Crippen LogP contribution is -2.52. The second-order valence-corrected chi connectivity index (χ2v) is 3.44. The van der Waals surface area contributed by atoms with Gasteiger partial charge in [0.1, 0.15) is 6.29 Å². The van der Waals surface area contributed by atoms with E-state index in [0.29, 0.717) is 6.29 Å². The lowest BCUT2D eigenvalue weighted by Gasteiger charge is -2.23. The molecule has 0 rings (SSSR count). The van der Waals surface area contributed by atoms with E-state index in [2.05, 4.69) is 10.9 Å². The van der Waals surface area contributed by atoms with Crippen LogP contribution in [0.4, 0.5) is 0 Å². The van der Waals surface area contributed by atoms with Crippen molar-refractivity contribution in [2.45, 2.75) is 32.4 Å². The highest BCUT2D eigenvalue weighted by atomic mass is 16.3. The van der Waals surface area contributed by atoms with Crippen LogP contribution in [0.2, 0.25) is 0 Å². The summed E-state index contributed by atoms with van der Waals surface area (Å²) in [5.74, 6) is 0. The van der Waals surface area contributed by atoms with Crippen molar-refractivity contribution < 1.29 is 9.90 Å². The van der Waals surface area contributed by atoms with Crippen LogP contribution in [-0.2, 0) is 4.79 Å². The van der Waals surface area contributed by atoms with E-state index in [0.717, 1.165) is 0 Å². The third-order valence-electron chi connectivity index (χ3n) is 0.994. The van der Waals surface area contributed by atoms with Crippen LogP contribution in [0, 0.1) is 0 Å². The number of aldehydes is 1. The van der Waals surface area contributed by atoms with Crippen LogP contribution in [0.15, 0.2) is 0 Å². The number of carbonyl (C=O) groups is 1. The molecule has 0 saturated heterocycles. The van der Waals surface area contributed by atoms with E-state index in [4.69, 9.17) is 5.11 Å². The summed E-state index contributed by atoms with van der Waals surface area (Å²) in [4.78, 5) is 10.2. The zero-order chi connectivity index (χ0) is 8.91. The normalized spacial score (nSPS) is 14.5. The van der Waals surface area contributed by atoms with Gasteiger partial charge in [-0.05, 0) is 20.8 Å². The van der Waals surface area contributed by atoms with Crippen LogP contribution in [0.5, 0.6) is 0 Å². The quantitative estimate of drug-likeness (QED) is 0.381. The fourth-order valence-electron chi connectivity index (χ4n) is 0.432. The first kappa shape index (κ1) is 10.6. The topological polar surface area (TPSA) is 61.4 Å². The number of carbonyl (C=O) groups excluding carboxylic acids is 1. The van der Waals surface area contributed by atoms with Crippen molar-refractivity contribution in [2.24, 2.45) is 0 Å². The summed E-state index contributed by atoms with van der Waals surface area (Å²) < 4.78 is 0. The van der Waals surface area contributed by atoms with Gasteiger partial charge >= 0.3 is 0 Å². The Bertz CT molecular complexity index is 120. The number of aliphatic hydroxyl groups is 1. The Morgan fingerprint density at radius 1 is 1.55 bits per heavy atom. The molecular weight excluding hydrogens is 144 g/mol. The minimum Gasteiger partial charge on any atom is -0.394 e. The van der Waals surface area contributed by atoms with Crippen molar-refractivity contribution >= 4 is 6.29 Å². The molecule has 0 aliphatic carbocycles. The fraction of sp³-hybridized carbons (Fsp3) is 0.857. The minimum atomic E-state index is -0.519. The molecule has 4 nitrogen and oxygen atoms in total. The van der Waals surface area contributed by atoms with Crippen LogP contribution in [0.3, 0.4) is 0 Å². The molecule has 0 aromatic heterocycles. The van der Waals surface area contributed by atoms with Gasteiger partial charge in [0.25, 0.3) is 0 Å². The monoisotopic (exact) mass is 160 g/mol. The van der Waals surface area contributed by atoms with Gasteiger partial charge in [-0.15, -0.1) is 0 Å². The van der Waals surface area contributed by atoms with E-state index < -0.39 is 6.04 Å². The van der Waals surface area contributed by atoms with Crippen molar-refractivity contribution in [2.75, 3.05) is 6.61 Å². The van der Waals surface area contributed by atoms with Crippen molar-refractivity contribution in [3.05, 3.63) is 0 Å². The van der Waals surface area contributed by atoms with Crippen molar-refractivity contribution in [1.29, 1.82) is 0 Å². The number of nitrogens with one attached hydrogen (secondary N) is 2. The Balaban J connectivity index is 3.59. The molecule has 0 bridgehead atoms. The Morgan fingerprint density at radius 3 is 2.36 bits per heavy atom. The number of rotatable bonds is 4. The maximum absolute atomic E-state index is 10.2. The molecule has 1 atom stereocenters. The summed E-state index contributed by atoms with van der Waals surface area (Å²) in [6.07, 6.45) is 0.665. The molecule has 0 radical (unpaired) electrons. The molecule has 0 spiro atoms. The van der Waals surface area contributed by atoms with Crippen LogP contribution in [-0.4, -0.2) is 29.6 Å². The molecule has 0 saturated carbocycles. The fourth-order valence-corrected chi connectivity index (χ4v) is 0.432. The zero-order valence-electron chi connectivity index (χ0n) is 7.22. The molecule has 0 fully saturated rings. The Morgan fingerprint density at radius 2 is 2.09 bits per heavy atom. The second kappa shape index (κ2) is 4.43. The molecule has 66 valence electrons. The molecule has 0 aliphatic heterocycles. The zero-order valence-corrected chi connectivity index (χ0v) is 7.22. The largest absolute Gasteiger partial charge is 0.394 e. The van der Waals surface area contributed by atoms with Gasteiger partial charge < -0.3 is 9.90 Å². The summed E-state index contributed by atoms with van der Waals surface area (Å²) in [7, 11) is 0. The van der Waals surface area contributed by atoms with Crippen LogP contribution < -0.4 is 10.9 Å². The average molecular weight is 160 g/mol. The van der Waals surface area contributed by atoms with Gasteiger partial charge in [-0.2, -0.15) is 0 Å². The van der Waals surface area contributed by atoms with E-state index in [-0.39, 0.29) is 12.1 Å². The van der Waals surface area contributed by atoms with Gasteiger partial charge in [0.2, 0.25) is 0 Å². The third-order valence-corrected chi connectivity index (χ3v) is 0.994. The first-order valence-corrected chi connectivity index (χ1v) is 3.58. The molecular formula is C7H16N2O2. The standard InChI is InChI=1S/C7H16N2O2/c1-7(2,3)9-8-6(4-10)5-11/h4,6,8-9,11H,5H2,1-3H3. The lowest BCUT2D eigenvalue weighted by molar-refractivity contribution is -0.110. The smallest absolute Gasteiger partial charge is 0.140 e. The predicted octanol–water partition coefficient (Wildman–Crippen LogP) is -0.561. The Kier molecular flexibility index (Phi) is 4.25. The van der Waals surface area contributed by atoms with Crippen LogP contribution in [0.25, 0.3) is 0 Å². The van der Waals surface area contributed by atoms with Gasteiger partial charge in [-0.1, -0.05) is 0 Å². The van der Waals surface area contributed by atoms with E-state index in [1.54, 1.807) is 0 Å². The molecule has 0 aromatic carbocycles. The summed E-state index contributed by atoms with van der Waals surface area (Å²) in [5, 5.41) is 8.59. The summed E-state index contributed by atoms with van der Waals surface area (Å²) in [6.45, 7) is 5.68. The molecule has 0 heterocycles. The lowest BCUT2D eigenvalue weighted by atomic mass is 10.1. The minimum absolute atomic E-state index is 0.101. The second-order valence-electron chi connectivity index (χ2n) is 3.44.